The second kappa shape index (κ2) is 5.91. The molecule has 0 aliphatic carbocycles. The Morgan fingerprint density at radius 2 is 2.26 bits per heavy atom. The average Bonchev–Trinajstić information content (AvgIpc) is 3.07. The van der Waals surface area contributed by atoms with Crippen LogP contribution in [0.1, 0.15) is 31.4 Å². The Bertz CT molecular complexity index is 586. The summed E-state index contributed by atoms with van der Waals surface area (Å²) in [6.07, 6.45) is 5.54. The molecule has 3 atom stereocenters. The first-order chi connectivity index (χ1) is 11.2. The van der Waals surface area contributed by atoms with Gasteiger partial charge in [-0.2, -0.15) is 0 Å². The van der Waals surface area contributed by atoms with E-state index in [0.29, 0.717) is 36.8 Å². The number of nitrogens with zero attached hydrogens (tertiary/aromatic N) is 2. The Labute approximate surface area is 135 Å². The molecule has 1 N–H and O–H groups in total. The van der Waals surface area contributed by atoms with E-state index in [2.05, 4.69) is 10.2 Å². The van der Waals surface area contributed by atoms with E-state index in [9.17, 15) is 9.59 Å². The summed E-state index contributed by atoms with van der Waals surface area (Å²) in [4.78, 5) is 28.6. The molecule has 3 aliphatic heterocycles. The maximum absolute atomic E-state index is 12.4. The summed E-state index contributed by atoms with van der Waals surface area (Å²) in [5, 5.41) is 2.94. The summed E-state index contributed by atoms with van der Waals surface area (Å²) in [6, 6.07) is 4.00. The van der Waals surface area contributed by atoms with Crippen LogP contribution in [0.25, 0.3) is 0 Å². The normalized spacial score (nSPS) is 30.1. The number of amides is 3. The summed E-state index contributed by atoms with van der Waals surface area (Å²) in [6.45, 7) is 2.75. The van der Waals surface area contributed by atoms with Crippen LogP contribution in [-0.2, 0) is 11.3 Å². The molecule has 0 spiro atoms. The van der Waals surface area contributed by atoms with Crippen LogP contribution in [0, 0.1) is 11.8 Å². The summed E-state index contributed by atoms with van der Waals surface area (Å²) < 4.78 is 5.25. The van der Waals surface area contributed by atoms with Crippen molar-refractivity contribution in [3.63, 3.8) is 0 Å². The number of urea groups is 1. The molecule has 0 radical (unpaired) electrons. The van der Waals surface area contributed by atoms with E-state index in [0.717, 1.165) is 44.7 Å². The maximum atomic E-state index is 12.4. The lowest BCUT2D eigenvalue weighted by Crippen LogP contribution is -2.62. The molecule has 3 saturated heterocycles. The van der Waals surface area contributed by atoms with Crippen LogP contribution in [0.5, 0.6) is 0 Å². The van der Waals surface area contributed by atoms with Gasteiger partial charge in [0.1, 0.15) is 5.76 Å². The average molecular weight is 317 g/mol. The van der Waals surface area contributed by atoms with Crippen molar-refractivity contribution >= 4 is 11.9 Å². The number of hydrogen-bond donors (Lipinski definition) is 1. The molecular formula is C17H23N3O3. The highest BCUT2D eigenvalue weighted by molar-refractivity contribution is 5.78. The molecule has 6 heteroatoms. The molecule has 124 valence electrons. The molecule has 0 saturated carbocycles. The van der Waals surface area contributed by atoms with Gasteiger partial charge in [0.2, 0.25) is 5.91 Å². The molecule has 3 fully saturated rings. The Hall–Kier alpha value is -1.98. The van der Waals surface area contributed by atoms with Gasteiger partial charge in [-0.3, -0.25) is 4.79 Å². The lowest BCUT2D eigenvalue weighted by Gasteiger charge is -2.52. The van der Waals surface area contributed by atoms with Gasteiger partial charge >= 0.3 is 6.03 Å². The van der Waals surface area contributed by atoms with Crippen molar-refractivity contribution < 1.29 is 14.0 Å². The van der Waals surface area contributed by atoms with E-state index in [1.165, 1.54) is 0 Å². The third kappa shape index (κ3) is 2.82. The van der Waals surface area contributed by atoms with Gasteiger partial charge < -0.3 is 19.5 Å². The van der Waals surface area contributed by atoms with Crippen molar-refractivity contribution in [3.05, 3.63) is 24.2 Å². The topological polar surface area (TPSA) is 65.8 Å². The molecule has 3 aliphatic rings. The van der Waals surface area contributed by atoms with Gasteiger partial charge in [0.05, 0.1) is 12.8 Å². The molecule has 0 aromatic carbocycles. The van der Waals surface area contributed by atoms with E-state index in [-0.39, 0.29) is 6.03 Å². The first-order valence-corrected chi connectivity index (χ1v) is 8.55. The van der Waals surface area contributed by atoms with E-state index in [1.807, 2.05) is 17.0 Å². The quantitative estimate of drug-likeness (QED) is 0.905. The van der Waals surface area contributed by atoms with Crippen molar-refractivity contribution in [1.29, 1.82) is 0 Å². The van der Waals surface area contributed by atoms with Crippen molar-refractivity contribution in [2.75, 3.05) is 19.6 Å². The Morgan fingerprint density at radius 1 is 1.35 bits per heavy atom. The fourth-order valence-electron chi connectivity index (χ4n) is 4.46. The molecule has 4 rings (SSSR count). The first-order valence-electron chi connectivity index (χ1n) is 8.55. The minimum atomic E-state index is -0.0216. The highest BCUT2D eigenvalue weighted by Crippen LogP contribution is 2.37. The highest BCUT2D eigenvalue weighted by atomic mass is 16.3. The molecule has 3 unspecified atom stereocenters. The predicted molar refractivity (Wildman–Crippen MR) is 83.5 cm³/mol. The van der Waals surface area contributed by atoms with Crippen molar-refractivity contribution in [3.8, 4) is 0 Å². The third-order valence-electron chi connectivity index (χ3n) is 5.46. The van der Waals surface area contributed by atoms with Crippen LogP contribution in [-0.4, -0.2) is 47.4 Å². The number of piperidine rings is 3. The van der Waals surface area contributed by atoms with Gasteiger partial charge in [-0.1, -0.05) is 0 Å². The number of fused-ring (bicyclic) bond motifs is 4. The number of rotatable bonds is 2. The predicted octanol–water partition coefficient (Wildman–Crippen LogP) is 1.82. The molecule has 4 heterocycles. The summed E-state index contributed by atoms with van der Waals surface area (Å²) in [7, 11) is 0. The van der Waals surface area contributed by atoms with Gasteiger partial charge in [-0.25, -0.2) is 4.79 Å². The van der Waals surface area contributed by atoms with Crippen LogP contribution >= 0.6 is 0 Å². The lowest BCUT2D eigenvalue weighted by atomic mass is 9.76. The number of likely N-dealkylation sites (tertiary alicyclic amines) is 1. The molecule has 1 aromatic heterocycles. The number of carbonyl (C=O) groups excluding carboxylic acids is 2. The number of carbonyl (C=O) groups is 2. The zero-order chi connectivity index (χ0) is 15.8. The summed E-state index contributed by atoms with van der Waals surface area (Å²) in [5.74, 6) is 1.92. The Kier molecular flexibility index (Phi) is 3.75. The van der Waals surface area contributed by atoms with Crippen LogP contribution in [0.3, 0.4) is 0 Å². The van der Waals surface area contributed by atoms with Gasteiger partial charge in [-0.15, -0.1) is 0 Å². The Balaban J connectivity index is 1.39. The van der Waals surface area contributed by atoms with E-state index in [1.54, 1.807) is 6.26 Å². The first kappa shape index (κ1) is 14.6. The Morgan fingerprint density at radius 3 is 3.09 bits per heavy atom. The minimum Gasteiger partial charge on any atom is -0.467 e. The summed E-state index contributed by atoms with van der Waals surface area (Å²) in [5.41, 5.74) is 0. The van der Waals surface area contributed by atoms with E-state index in [4.69, 9.17) is 4.42 Å². The molecule has 2 bridgehead atoms. The zero-order valence-electron chi connectivity index (χ0n) is 13.2. The monoisotopic (exact) mass is 317 g/mol. The molecule has 23 heavy (non-hydrogen) atoms. The van der Waals surface area contributed by atoms with Crippen LogP contribution in [0.4, 0.5) is 4.79 Å². The number of nitrogens with one attached hydrogen (secondary N) is 1. The number of furan rings is 1. The number of hydrogen-bond acceptors (Lipinski definition) is 3. The SMILES string of the molecule is O=C(NCc1ccco1)N1CC2CC(C1)C1CCCC(=O)N1C2. The maximum Gasteiger partial charge on any atom is 0.317 e. The van der Waals surface area contributed by atoms with Gasteiger partial charge in [0, 0.05) is 32.1 Å². The molecule has 6 nitrogen and oxygen atoms in total. The molecule has 1 aromatic rings. The zero-order valence-corrected chi connectivity index (χ0v) is 13.2. The second-order valence-corrected chi connectivity index (χ2v) is 7.01. The van der Waals surface area contributed by atoms with Gasteiger partial charge in [0.15, 0.2) is 0 Å². The largest absolute Gasteiger partial charge is 0.467 e. The van der Waals surface area contributed by atoms with E-state index >= 15 is 0 Å². The van der Waals surface area contributed by atoms with Crippen LogP contribution in [0.2, 0.25) is 0 Å². The fraction of sp³-hybridized carbons (Fsp3) is 0.647. The third-order valence-corrected chi connectivity index (χ3v) is 5.46. The minimum absolute atomic E-state index is 0.0216. The van der Waals surface area contributed by atoms with Crippen LogP contribution < -0.4 is 5.32 Å². The second-order valence-electron chi connectivity index (χ2n) is 7.01. The van der Waals surface area contributed by atoms with Crippen molar-refractivity contribution in [2.24, 2.45) is 11.8 Å². The van der Waals surface area contributed by atoms with Gasteiger partial charge in [0.25, 0.3) is 0 Å². The smallest absolute Gasteiger partial charge is 0.317 e. The van der Waals surface area contributed by atoms with Crippen molar-refractivity contribution in [1.82, 2.24) is 15.1 Å². The fourth-order valence-corrected chi connectivity index (χ4v) is 4.46. The standard InChI is InChI=1S/C17H23N3O3/c21-16-5-1-4-15-13-7-12(10-20(15)16)9-19(11-13)17(22)18-8-14-3-2-6-23-14/h2-3,6,12-13,15H,1,4-5,7-11H2,(H,18,22). The van der Waals surface area contributed by atoms with Crippen LogP contribution in [0.15, 0.2) is 22.8 Å². The van der Waals surface area contributed by atoms with Crippen molar-refractivity contribution in [2.45, 2.75) is 38.3 Å². The summed E-state index contributed by atoms with van der Waals surface area (Å²) >= 11 is 0. The highest BCUT2D eigenvalue weighted by Gasteiger charge is 2.44. The molecule has 3 amide bonds. The van der Waals surface area contributed by atoms with Gasteiger partial charge in [-0.05, 0) is 43.2 Å². The van der Waals surface area contributed by atoms with E-state index < -0.39 is 0 Å². The molecular weight excluding hydrogens is 294 g/mol. The lowest BCUT2D eigenvalue weighted by molar-refractivity contribution is -0.144.